The van der Waals surface area contributed by atoms with Gasteiger partial charge in [0.05, 0.1) is 11.0 Å². The molecule has 31 heavy (non-hydrogen) atoms. The van der Waals surface area contributed by atoms with Gasteiger partial charge in [-0.25, -0.2) is 15.0 Å². The highest BCUT2D eigenvalue weighted by molar-refractivity contribution is 6.08. The van der Waals surface area contributed by atoms with Crippen molar-refractivity contribution in [2.45, 2.75) is 6.42 Å². The van der Waals surface area contributed by atoms with Gasteiger partial charge in [-0.3, -0.25) is 4.79 Å². The number of aromatic amines is 1. The molecule has 0 spiro atoms. The monoisotopic (exact) mass is 415 g/mol. The summed E-state index contributed by atoms with van der Waals surface area (Å²) in [6.07, 6.45) is 4.12. The van der Waals surface area contributed by atoms with Crippen molar-refractivity contribution in [3.63, 3.8) is 0 Å². The van der Waals surface area contributed by atoms with Crippen LogP contribution in [0, 0.1) is 5.92 Å². The van der Waals surface area contributed by atoms with E-state index in [2.05, 4.69) is 24.8 Å². The van der Waals surface area contributed by atoms with Crippen molar-refractivity contribution in [2.24, 2.45) is 5.92 Å². The zero-order valence-corrected chi connectivity index (χ0v) is 16.7. The van der Waals surface area contributed by atoms with Gasteiger partial charge in [0.15, 0.2) is 11.6 Å². The Kier molecular flexibility index (Phi) is 5.05. The molecule has 0 amide bonds. The van der Waals surface area contributed by atoms with E-state index in [1.54, 1.807) is 36.7 Å². The van der Waals surface area contributed by atoms with Crippen molar-refractivity contribution in [1.82, 2.24) is 19.9 Å². The van der Waals surface area contributed by atoms with E-state index in [0.717, 1.165) is 30.5 Å². The first-order chi connectivity index (χ1) is 15.2. The predicted octanol–water partition coefficient (Wildman–Crippen LogP) is 3.19. The Bertz CT molecular complexity index is 1190. The minimum Gasteiger partial charge on any atom is -0.436 e. The van der Waals surface area contributed by atoms with E-state index in [9.17, 15) is 9.90 Å². The van der Waals surface area contributed by atoms with Gasteiger partial charge < -0.3 is 19.7 Å². The molecule has 1 aliphatic heterocycles. The highest BCUT2D eigenvalue weighted by atomic mass is 16.5. The maximum atomic E-state index is 12.8. The van der Waals surface area contributed by atoms with Gasteiger partial charge in [-0.2, -0.15) is 0 Å². The zero-order chi connectivity index (χ0) is 21.2. The van der Waals surface area contributed by atoms with E-state index in [1.165, 1.54) is 0 Å². The van der Waals surface area contributed by atoms with Crippen LogP contribution in [0.4, 0.5) is 5.82 Å². The summed E-state index contributed by atoms with van der Waals surface area (Å²) < 4.78 is 5.97. The first kappa shape index (κ1) is 19.2. The topological polar surface area (TPSA) is 104 Å². The molecule has 0 bridgehead atoms. The van der Waals surface area contributed by atoms with Crippen LogP contribution in [0.3, 0.4) is 0 Å². The van der Waals surface area contributed by atoms with E-state index in [4.69, 9.17) is 4.74 Å². The van der Waals surface area contributed by atoms with Crippen molar-refractivity contribution >= 4 is 22.6 Å². The number of hydrogen-bond donors (Lipinski definition) is 2. The van der Waals surface area contributed by atoms with E-state index in [1.807, 2.05) is 24.3 Å². The van der Waals surface area contributed by atoms with E-state index in [0.29, 0.717) is 28.8 Å². The van der Waals surface area contributed by atoms with Gasteiger partial charge in [0.25, 0.3) is 5.88 Å². The minimum absolute atomic E-state index is 0.160. The molecule has 0 aliphatic carbocycles. The lowest BCUT2D eigenvalue weighted by atomic mass is 10.1. The number of fused-ring (bicyclic) bond motifs is 1. The fourth-order valence-corrected chi connectivity index (χ4v) is 3.76. The van der Waals surface area contributed by atoms with Crippen LogP contribution in [-0.4, -0.2) is 50.5 Å². The summed E-state index contributed by atoms with van der Waals surface area (Å²) in [6, 6.07) is 14.4. The number of anilines is 1. The Hall–Kier alpha value is -3.78. The molecule has 3 heterocycles. The third-order valence-electron chi connectivity index (χ3n) is 5.43. The number of aliphatic hydroxyl groups excluding tert-OH is 1. The molecule has 156 valence electrons. The van der Waals surface area contributed by atoms with Crippen molar-refractivity contribution < 1.29 is 14.6 Å². The fraction of sp³-hybridized carbons (Fsp3) is 0.217. The fourth-order valence-electron chi connectivity index (χ4n) is 3.76. The van der Waals surface area contributed by atoms with Crippen molar-refractivity contribution in [3.05, 3.63) is 72.3 Å². The van der Waals surface area contributed by atoms with Crippen molar-refractivity contribution in [3.8, 4) is 11.6 Å². The number of benzene rings is 2. The number of ketones is 1. The number of carbonyl (C=O) groups is 1. The Morgan fingerprint density at radius 2 is 1.94 bits per heavy atom. The second-order valence-electron chi connectivity index (χ2n) is 7.53. The number of aliphatic hydroxyl groups is 1. The lowest BCUT2D eigenvalue weighted by molar-refractivity contribution is 0.103. The van der Waals surface area contributed by atoms with Crippen LogP contribution in [0.25, 0.3) is 11.0 Å². The maximum Gasteiger partial charge on any atom is 0.263 e. The van der Waals surface area contributed by atoms with Gasteiger partial charge in [-0.1, -0.05) is 12.1 Å². The lowest BCUT2D eigenvalue weighted by Crippen LogP contribution is -2.22. The number of rotatable bonds is 6. The Balaban J connectivity index is 1.34. The molecule has 8 nitrogen and oxygen atoms in total. The van der Waals surface area contributed by atoms with Crippen molar-refractivity contribution in [2.75, 3.05) is 24.6 Å². The summed E-state index contributed by atoms with van der Waals surface area (Å²) in [5, 5.41) is 9.40. The van der Waals surface area contributed by atoms with Crippen LogP contribution < -0.4 is 9.64 Å². The smallest absolute Gasteiger partial charge is 0.263 e. The van der Waals surface area contributed by atoms with Crippen LogP contribution in [0.2, 0.25) is 0 Å². The van der Waals surface area contributed by atoms with Crippen LogP contribution in [0.1, 0.15) is 22.6 Å². The molecule has 0 unspecified atom stereocenters. The molecule has 4 aromatic rings. The number of aromatic nitrogens is 4. The average Bonchev–Trinajstić information content (AvgIpc) is 3.46. The number of para-hydroxylation sites is 2. The Labute approximate surface area is 178 Å². The molecule has 1 aliphatic rings. The highest BCUT2D eigenvalue weighted by Gasteiger charge is 2.26. The van der Waals surface area contributed by atoms with E-state index < -0.39 is 0 Å². The largest absolute Gasteiger partial charge is 0.436 e. The first-order valence-corrected chi connectivity index (χ1v) is 10.2. The summed E-state index contributed by atoms with van der Waals surface area (Å²) in [5.41, 5.74) is 2.09. The number of ether oxygens (including phenoxy) is 1. The second-order valence-corrected chi connectivity index (χ2v) is 7.53. The molecule has 2 aromatic carbocycles. The molecule has 0 saturated carbocycles. The molecule has 2 N–H and O–H groups in total. The SMILES string of the molecule is O=C(c1ccc(Oc2nccnc2N2CC[C@@H](CO)C2)cc1)c1nc2ccccc2[nH]1. The summed E-state index contributed by atoms with van der Waals surface area (Å²) in [5.74, 6) is 1.96. The first-order valence-electron chi connectivity index (χ1n) is 10.2. The molecular weight excluding hydrogens is 394 g/mol. The predicted molar refractivity (Wildman–Crippen MR) is 115 cm³/mol. The highest BCUT2D eigenvalue weighted by Crippen LogP contribution is 2.31. The number of carbonyl (C=O) groups excluding carboxylic acids is 1. The van der Waals surface area contributed by atoms with Gasteiger partial charge in [0, 0.05) is 43.6 Å². The van der Waals surface area contributed by atoms with Gasteiger partial charge in [0.1, 0.15) is 5.75 Å². The molecule has 5 rings (SSSR count). The quantitative estimate of drug-likeness (QED) is 0.466. The third kappa shape index (κ3) is 3.85. The standard InChI is InChI=1S/C23H21N5O3/c29-14-15-9-12-28(13-15)22-23(25-11-10-24-22)31-17-7-5-16(6-8-17)20(30)21-26-18-3-1-2-4-19(18)27-21/h1-8,10-11,15,29H,9,12-14H2,(H,26,27)/t15-/m1/s1. The number of imidazole rings is 1. The molecule has 1 saturated heterocycles. The average molecular weight is 415 g/mol. The second kappa shape index (κ2) is 8.16. The summed E-state index contributed by atoms with van der Waals surface area (Å²) in [6.45, 7) is 1.68. The summed E-state index contributed by atoms with van der Waals surface area (Å²) in [4.78, 5) is 31.0. The Morgan fingerprint density at radius 3 is 2.71 bits per heavy atom. The number of nitrogens with one attached hydrogen (secondary N) is 1. The van der Waals surface area contributed by atoms with Crippen LogP contribution >= 0.6 is 0 Å². The van der Waals surface area contributed by atoms with Gasteiger partial charge in [-0.15, -0.1) is 0 Å². The molecule has 1 fully saturated rings. The van der Waals surface area contributed by atoms with E-state index >= 15 is 0 Å². The van der Waals surface area contributed by atoms with Crippen LogP contribution in [0.5, 0.6) is 11.6 Å². The minimum atomic E-state index is -0.185. The van der Waals surface area contributed by atoms with Crippen LogP contribution in [0.15, 0.2) is 60.9 Å². The Morgan fingerprint density at radius 1 is 1.13 bits per heavy atom. The number of hydrogen-bond acceptors (Lipinski definition) is 7. The molecule has 0 radical (unpaired) electrons. The van der Waals surface area contributed by atoms with Gasteiger partial charge in [-0.05, 0) is 42.8 Å². The molecule has 1 atom stereocenters. The van der Waals surface area contributed by atoms with Gasteiger partial charge >= 0.3 is 0 Å². The molecule has 8 heteroatoms. The number of H-pyrrole nitrogens is 1. The van der Waals surface area contributed by atoms with E-state index in [-0.39, 0.29) is 18.3 Å². The molecule has 2 aromatic heterocycles. The van der Waals surface area contributed by atoms with Gasteiger partial charge in [0.2, 0.25) is 5.78 Å². The molecular formula is C23H21N5O3. The lowest BCUT2D eigenvalue weighted by Gasteiger charge is -2.19. The summed E-state index contributed by atoms with van der Waals surface area (Å²) in [7, 11) is 0. The third-order valence-corrected chi connectivity index (χ3v) is 5.43. The normalized spacial score (nSPS) is 16.0. The van der Waals surface area contributed by atoms with Crippen LogP contribution in [-0.2, 0) is 0 Å². The van der Waals surface area contributed by atoms with Crippen molar-refractivity contribution in [1.29, 1.82) is 0 Å². The summed E-state index contributed by atoms with van der Waals surface area (Å²) >= 11 is 0. The number of nitrogens with zero attached hydrogens (tertiary/aromatic N) is 4. The maximum absolute atomic E-state index is 12.8. The zero-order valence-electron chi connectivity index (χ0n) is 16.7.